The van der Waals surface area contributed by atoms with Crippen LogP contribution in [0, 0.1) is 0 Å². The lowest BCUT2D eigenvalue weighted by Crippen LogP contribution is -2.32. The van der Waals surface area contributed by atoms with Crippen molar-refractivity contribution in [1.29, 1.82) is 0 Å². The molecular weight excluding hydrogens is 292 g/mol. The van der Waals surface area contributed by atoms with Crippen molar-refractivity contribution in [2.75, 3.05) is 5.32 Å². The number of carbonyl (C=O) groups excluding carboxylic acids is 1. The lowest BCUT2D eigenvalue weighted by Gasteiger charge is -2.18. The average molecular weight is 308 g/mol. The molecule has 1 heterocycles. The van der Waals surface area contributed by atoms with E-state index in [2.05, 4.69) is 10.6 Å². The summed E-state index contributed by atoms with van der Waals surface area (Å²) in [4.78, 5) is 13.4. The van der Waals surface area contributed by atoms with Crippen LogP contribution >= 0.6 is 11.3 Å². The number of hydrogen-bond acceptors (Lipinski definition) is 2. The van der Waals surface area contributed by atoms with Gasteiger partial charge in [0.05, 0.1) is 6.04 Å². The van der Waals surface area contributed by atoms with Gasteiger partial charge in [0, 0.05) is 10.6 Å². The quantitative estimate of drug-likeness (QED) is 0.723. The van der Waals surface area contributed by atoms with Crippen LogP contribution in [-0.4, -0.2) is 6.03 Å². The van der Waals surface area contributed by atoms with E-state index in [1.54, 1.807) is 11.3 Å². The van der Waals surface area contributed by atoms with Crippen molar-refractivity contribution in [3.8, 4) is 0 Å². The van der Waals surface area contributed by atoms with E-state index in [0.29, 0.717) is 0 Å². The predicted octanol–water partition coefficient (Wildman–Crippen LogP) is 4.66. The summed E-state index contributed by atoms with van der Waals surface area (Å²) in [6.07, 6.45) is 0. The Labute approximate surface area is 133 Å². The fourth-order valence-corrected chi connectivity index (χ4v) is 3.04. The predicted molar refractivity (Wildman–Crippen MR) is 91.2 cm³/mol. The molecule has 1 aromatic heterocycles. The molecule has 3 aromatic rings. The van der Waals surface area contributed by atoms with Crippen LogP contribution in [0.5, 0.6) is 0 Å². The topological polar surface area (TPSA) is 41.1 Å². The second-order valence-corrected chi connectivity index (χ2v) is 5.80. The van der Waals surface area contributed by atoms with E-state index in [9.17, 15) is 4.79 Å². The summed E-state index contributed by atoms with van der Waals surface area (Å²) in [5.74, 6) is 0. The number of amides is 2. The average Bonchev–Trinajstić information content (AvgIpc) is 3.08. The molecule has 3 nitrogen and oxygen atoms in total. The monoisotopic (exact) mass is 308 g/mol. The molecule has 0 fully saturated rings. The summed E-state index contributed by atoms with van der Waals surface area (Å²) in [6.45, 7) is 0. The van der Waals surface area contributed by atoms with Crippen molar-refractivity contribution < 1.29 is 4.79 Å². The van der Waals surface area contributed by atoms with Gasteiger partial charge in [-0.05, 0) is 29.1 Å². The first-order chi connectivity index (χ1) is 10.8. The number of para-hydroxylation sites is 1. The highest BCUT2D eigenvalue weighted by Gasteiger charge is 2.17. The van der Waals surface area contributed by atoms with Crippen molar-refractivity contribution in [1.82, 2.24) is 5.32 Å². The first-order valence-corrected chi connectivity index (χ1v) is 7.92. The second-order valence-electron chi connectivity index (χ2n) is 4.82. The Kier molecular flexibility index (Phi) is 4.51. The number of urea groups is 1. The van der Waals surface area contributed by atoms with E-state index >= 15 is 0 Å². The highest BCUT2D eigenvalue weighted by atomic mass is 32.1. The molecule has 0 unspecified atom stereocenters. The Morgan fingerprint density at radius 2 is 1.55 bits per heavy atom. The van der Waals surface area contributed by atoms with E-state index < -0.39 is 0 Å². The van der Waals surface area contributed by atoms with Gasteiger partial charge in [-0.2, -0.15) is 0 Å². The molecule has 2 N–H and O–H groups in total. The molecule has 0 aliphatic rings. The van der Waals surface area contributed by atoms with Crippen molar-refractivity contribution in [2.45, 2.75) is 6.04 Å². The molecule has 4 heteroatoms. The Bertz CT molecular complexity index is 711. The van der Waals surface area contributed by atoms with Crippen LogP contribution in [0.3, 0.4) is 0 Å². The normalized spacial score (nSPS) is 11.6. The van der Waals surface area contributed by atoms with E-state index in [1.807, 2.05) is 78.2 Å². The van der Waals surface area contributed by atoms with Crippen molar-refractivity contribution in [3.63, 3.8) is 0 Å². The molecule has 2 aromatic carbocycles. The maximum atomic E-state index is 12.3. The number of hydrogen-bond donors (Lipinski definition) is 2. The first kappa shape index (κ1) is 14.4. The highest BCUT2D eigenvalue weighted by Crippen LogP contribution is 2.26. The zero-order valence-corrected chi connectivity index (χ0v) is 12.7. The van der Waals surface area contributed by atoms with E-state index in [0.717, 1.165) is 16.1 Å². The zero-order chi connectivity index (χ0) is 15.2. The third kappa shape index (κ3) is 3.54. The van der Waals surface area contributed by atoms with Crippen molar-refractivity contribution in [3.05, 3.63) is 88.6 Å². The van der Waals surface area contributed by atoms with Crippen molar-refractivity contribution >= 4 is 23.1 Å². The van der Waals surface area contributed by atoms with Crippen LogP contribution in [0.4, 0.5) is 10.5 Å². The van der Waals surface area contributed by atoms with Gasteiger partial charge in [-0.15, -0.1) is 11.3 Å². The highest BCUT2D eigenvalue weighted by molar-refractivity contribution is 7.10. The molecule has 0 spiro atoms. The summed E-state index contributed by atoms with van der Waals surface area (Å²) in [6, 6.07) is 23.1. The van der Waals surface area contributed by atoms with Crippen LogP contribution in [0.25, 0.3) is 0 Å². The van der Waals surface area contributed by atoms with Crippen LogP contribution in [-0.2, 0) is 0 Å². The standard InChI is InChI=1S/C18H16N2OS/c21-18(19-15-10-5-2-6-11-15)20-17(16-12-7-13-22-16)14-8-3-1-4-9-14/h1-13,17H,(H2,19,20,21)/t17-/m1/s1. The van der Waals surface area contributed by atoms with Gasteiger partial charge in [-0.25, -0.2) is 4.79 Å². The fourth-order valence-electron chi connectivity index (χ4n) is 2.24. The van der Waals surface area contributed by atoms with Crippen LogP contribution in [0.15, 0.2) is 78.2 Å². The molecule has 22 heavy (non-hydrogen) atoms. The lowest BCUT2D eigenvalue weighted by atomic mass is 10.1. The summed E-state index contributed by atoms with van der Waals surface area (Å²) in [5, 5.41) is 7.92. The van der Waals surface area contributed by atoms with Gasteiger partial charge in [-0.3, -0.25) is 0 Å². The fraction of sp³-hybridized carbons (Fsp3) is 0.0556. The molecular formula is C18H16N2OS. The second kappa shape index (κ2) is 6.91. The third-order valence-electron chi connectivity index (χ3n) is 3.27. The maximum Gasteiger partial charge on any atom is 0.320 e. The molecule has 0 radical (unpaired) electrons. The van der Waals surface area contributed by atoms with Crippen LogP contribution < -0.4 is 10.6 Å². The SMILES string of the molecule is O=C(Nc1ccccc1)N[C@H](c1ccccc1)c1cccs1. The summed E-state index contributed by atoms with van der Waals surface area (Å²) >= 11 is 1.63. The Morgan fingerprint density at radius 1 is 0.864 bits per heavy atom. The maximum absolute atomic E-state index is 12.3. The van der Waals surface area contributed by atoms with Crippen LogP contribution in [0.1, 0.15) is 16.5 Å². The Balaban J connectivity index is 1.77. The molecule has 0 aliphatic heterocycles. The van der Waals surface area contributed by atoms with Crippen molar-refractivity contribution in [2.24, 2.45) is 0 Å². The summed E-state index contributed by atoms with van der Waals surface area (Å²) in [7, 11) is 0. The lowest BCUT2D eigenvalue weighted by molar-refractivity contribution is 0.250. The Morgan fingerprint density at radius 3 is 2.18 bits per heavy atom. The van der Waals surface area contributed by atoms with E-state index in [-0.39, 0.29) is 12.1 Å². The number of carbonyl (C=O) groups is 1. The molecule has 0 saturated heterocycles. The smallest absolute Gasteiger partial charge is 0.320 e. The van der Waals surface area contributed by atoms with Gasteiger partial charge >= 0.3 is 6.03 Å². The van der Waals surface area contributed by atoms with E-state index in [4.69, 9.17) is 0 Å². The first-order valence-electron chi connectivity index (χ1n) is 7.04. The largest absolute Gasteiger partial charge is 0.326 e. The van der Waals surface area contributed by atoms with Gasteiger partial charge in [0.1, 0.15) is 0 Å². The number of anilines is 1. The minimum atomic E-state index is -0.214. The van der Waals surface area contributed by atoms with Gasteiger partial charge in [0.15, 0.2) is 0 Å². The van der Waals surface area contributed by atoms with E-state index in [1.165, 1.54) is 0 Å². The molecule has 3 rings (SSSR count). The van der Waals surface area contributed by atoms with Crippen LogP contribution in [0.2, 0.25) is 0 Å². The number of rotatable bonds is 4. The molecule has 0 aliphatic carbocycles. The van der Waals surface area contributed by atoms with Gasteiger partial charge in [-0.1, -0.05) is 54.6 Å². The minimum Gasteiger partial charge on any atom is -0.326 e. The number of nitrogens with one attached hydrogen (secondary N) is 2. The van der Waals surface area contributed by atoms with Gasteiger partial charge in [0.25, 0.3) is 0 Å². The third-order valence-corrected chi connectivity index (χ3v) is 4.20. The van der Waals surface area contributed by atoms with Gasteiger partial charge in [0.2, 0.25) is 0 Å². The summed E-state index contributed by atoms with van der Waals surface area (Å²) in [5.41, 5.74) is 1.84. The number of benzene rings is 2. The molecule has 2 amide bonds. The molecule has 110 valence electrons. The molecule has 0 bridgehead atoms. The number of thiophene rings is 1. The summed E-state index contributed by atoms with van der Waals surface area (Å²) < 4.78 is 0. The molecule has 1 atom stereocenters. The minimum absolute atomic E-state index is 0.148. The van der Waals surface area contributed by atoms with Gasteiger partial charge < -0.3 is 10.6 Å². The zero-order valence-electron chi connectivity index (χ0n) is 11.9. The molecule has 0 saturated carbocycles. The Hall–Kier alpha value is -2.59.